The van der Waals surface area contributed by atoms with Crippen LogP contribution in [0.5, 0.6) is 0 Å². The minimum atomic E-state index is -0.288. The van der Waals surface area contributed by atoms with E-state index < -0.39 is 0 Å². The molecule has 110 valence electrons. The van der Waals surface area contributed by atoms with Crippen molar-refractivity contribution in [1.82, 2.24) is 4.90 Å². The van der Waals surface area contributed by atoms with Crippen LogP contribution in [0, 0.1) is 12.7 Å². The van der Waals surface area contributed by atoms with Crippen molar-refractivity contribution in [3.05, 3.63) is 65.5 Å². The van der Waals surface area contributed by atoms with Gasteiger partial charge in [-0.05, 0) is 42.3 Å². The Morgan fingerprint density at radius 2 is 1.81 bits per heavy atom. The fraction of sp³-hybridized carbons (Fsp3) is 0.235. The number of nitrogens with one attached hydrogen (secondary N) is 1. The van der Waals surface area contributed by atoms with Gasteiger partial charge in [-0.2, -0.15) is 0 Å². The summed E-state index contributed by atoms with van der Waals surface area (Å²) in [5.74, 6) is -0.300. The van der Waals surface area contributed by atoms with E-state index in [0.717, 1.165) is 11.3 Å². The molecule has 0 heterocycles. The Kier molecular flexibility index (Phi) is 4.93. The summed E-state index contributed by atoms with van der Waals surface area (Å²) in [5.41, 5.74) is 3.04. The predicted molar refractivity (Wildman–Crippen MR) is 82.5 cm³/mol. The number of benzene rings is 2. The molecule has 0 aliphatic rings. The third-order valence-electron chi connectivity index (χ3n) is 3.38. The van der Waals surface area contributed by atoms with Gasteiger partial charge < -0.3 is 10.2 Å². The number of amides is 1. The number of halogens is 1. The van der Waals surface area contributed by atoms with Crippen molar-refractivity contribution in [1.29, 1.82) is 0 Å². The molecule has 0 unspecified atom stereocenters. The van der Waals surface area contributed by atoms with E-state index in [1.807, 2.05) is 31.2 Å². The zero-order valence-electron chi connectivity index (χ0n) is 12.3. The van der Waals surface area contributed by atoms with Crippen LogP contribution in [0.15, 0.2) is 48.5 Å². The summed E-state index contributed by atoms with van der Waals surface area (Å²) in [6.07, 6.45) is 0. The molecule has 3 nitrogen and oxygen atoms in total. The van der Waals surface area contributed by atoms with Gasteiger partial charge in [-0.15, -0.1) is 0 Å². The summed E-state index contributed by atoms with van der Waals surface area (Å²) in [7, 11) is 1.78. The fourth-order valence-electron chi connectivity index (χ4n) is 2.01. The molecule has 0 aliphatic carbocycles. The van der Waals surface area contributed by atoms with Gasteiger partial charge in [0.1, 0.15) is 5.82 Å². The van der Waals surface area contributed by atoms with Crippen molar-refractivity contribution in [2.24, 2.45) is 0 Å². The standard InChI is InChI=1S/C17H19FN2O/c1-13-5-3-4-6-14(13)12-20(2)17(21)11-19-16-9-7-15(18)8-10-16/h3-10,19H,11-12H2,1-2H3. The van der Waals surface area contributed by atoms with Crippen LogP contribution in [0.1, 0.15) is 11.1 Å². The molecular weight excluding hydrogens is 267 g/mol. The Bertz CT molecular complexity index is 610. The van der Waals surface area contributed by atoms with Crippen molar-refractivity contribution < 1.29 is 9.18 Å². The van der Waals surface area contributed by atoms with Gasteiger partial charge in [-0.1, -0.05) is 24.3 Å². The number of likely N-dealkylation sites (N-methyl/N-ethyl adjacent to an activating group) is 1. The van der Waals surface area contributed by atoms with Crippen LogP contribution in [0.3, 0.4) is 0 Å². The zero-order valence-corrected chi connectivity index (χ0v) is 12.3. The quantitative estimate of drug-likeness (QED) is 0.915. The number of rotatable bonds is 5. The van der Waals surface area contributed by atoms with Crippen molar-refractivity contribution >= 4 is 11.6 Å². The highest BCUT2D eigenvalue weighted by Crippen LogP contribution is 2.10. The molecular formula is C17H19FN2O. The first-order valence-corrected chi connectivity index (χ1v) is 6.84. The lowest BCUT2D eigenvalue weighted by atomic mass is 10.1. The van der Waals surface area contributed by atoms with E-state index in [-0.39, 0.29) is 18.3 Å². The lowest BCUT2D eigenvalue weighted by Crippen LogP contribution is -2.31. The summed E-state index contributed by atoms with van der Waals surface area (Å²) in [6, 6.07) is 14.0. The van der Waals surface area contributed by atoms with Gasteiger partial charge in [0.15, 0.2) is 0 Å². The fourth-order valence-corrected chi connectivity index (χ4v) is 2.01. The molecule has 0 aliphatic heterocycles. The monoisotopic (exact) mass is 286 g/mol. The Balaban J connectivity index is 1.88. The van der Waals surface area contributed by atoms with E-state index in [0.29, 0.717) is 6.54 Å². The average Bonchev–Trinajstić information content (AvgIpc) is 2.48. The SMILES string of the molecule is Cc1ccccc1CN(C)C(=O)CNc1ccc(F)cc1. The first-order chi connectivity index (χ1) is 10.1. The molecule has 2 aromatic rings. The summed E-state index contributed by atoms with van der Waals surface area (Å²) >= 11 is 0. The maximum absolute atomic E-state index is 12.8. The Morgan fingerprint density at radius 1 is 1.14 bits per heavy atom. The molecule has 1 amide bonds. The van der Waals surface area contributed by atoms with Gasteiger partial charge in [-0.3, -0.25) is 4.79 Å². The lowest BCUT2D eigenvalue weighted by Gasteiger charge is -2.19. The second kappa shape index (κ2) is 6.88. The minimum Gasteiger partial charge on any atom is -0.376 e. The average molecular weight is 286 g/mol. The third kappa shape index (κ3) is 4.31. The van der Waals surface area contributed by atoms with Crippen LogP contribution in [0.4, 0.5) is 10.1 Å². The largest absolute Gasteiger partial charge is 0.376 e. The van der Waals surface area contributed by atoms with Gasteiger partial charge in [0, 0.05) is 19.3 Å². The van der Waals surface area contributed by atoms with Crippen molar-refractivity contribution in [3.63, 3.8) is 0 Å². The maximum Gasteiger partial charge on any atom is 0.241 e. The second-order valence-corrected chi connectivity index (χ2v) is 5.04. The summed E-state index contributed by atoms with van der Waals surface area (Å²) in [4.78, 5) is 13.8. The molecule has 0 bridgehead atoms. The number of hydrogen-bond donors (Lipinski definition) is 1. The van der Waals surface area contributed by atoms with Crippen LogP contribution >= 0.6 is 0 Å². The van der Waals surface area contributed by atoms with Crippen LogP contribution in [0.25, 0.3) is 0 Å². The van der Waals surface area contributed by atoms with Crippen molar-refractivity contribution in [2.75, 3.05) is 18.9 Å². The number of nitrogens with zero attached hydrogens (tertiary/aromatic N) is 1. The van der Waals surface area contributed by atoms with E-state index in [9.17, 15) is 9.18 Å². The maximum atomic E-state index is 12.8. The molecule has 0 aromatic heterocycles. The zero-order chi connectivity index (χ0) is 15.2. The Hall–Kier alpha value is -2.36. The van der Waals surface area contributed by atoms with Crippen molar-refractivity contribution in [3.8, 4) is 0 Å². The molecule has 0 spiro atoms. The van der Waals surface area contributed by atoms with E-state index in [4.69, 9.17) is 0 Å². The molecule has 1 N–H and O–H groups in total. The topological polar surface area (TPSA) is 32.3 Å². The molecule has 0 atom stereocenters. The molecule has 4 heteroatoms. The highest BCUT2D eigenvalue weighted by atomic mass is 19.1. The third-order valence-corrected chi connectivity index (χ3v) is 3.38. The summed E-state index contributed by atoms with van der Waals surface area (Å²) in [5, 5.41) is 3.00. The van der Waals surface area contributed by atoms with E-state index in [1.165, 1.54) is 17.7 Å². The number of carbonyl (C=O) groups is 1. The second-order valence-electron chi connectivity index (χ2n) is 5.04. The molecule has 2 rings (SSSR count). The lowest BCUT2D eigenvalue weighted by molar-refractivity contribution is -0.128. The van der Waals surface area contributed by atoms with Crippen LogP contribution in [-0.4, -0.2) is 24.4 Å². The smallest absolute Gasteiger partial charge is 0.241 e. The van der Waals surface area contributed by atoms with Gasteiger partial charge in [0.2, 0.25) is 5.91 Å². The van der Waals surface area contributed by atoms with E-state index in [1.54, 1.807) is 24.1 Å². The van der Waals surface area contributed by atoms with Crippen LogP contribution < -0.4 is 5.32 Å². The van der Waals surface area contributed by atoms with Gasteiger partial charge in [0.05, 0.1) is 6.54 Å². The molecule has 0 fully saturated rings. The number of carbonyl (C=O) groups excluding carboxylic acids is 1. The first kappa shape index (κ1) is 15.0. The minimum absolute atomic E-state index is 0.0115. The molecule has 2 aromatic carbocycles. The molecule has 0 saturated carbocycles. The Morgan fingerprint density at radius 3 is 2.48 bits per heavy atom. The normalized spacial score (nSPS) is 10.2. The van der Waals surface area contributed by atoms with Gasteiger partial charge >= 0.3 is 0 Å². The number of anilines is 1. The molecule has 21 heavy (non-hydrogen) atoms. The summed E-state index contributed by atoms with van der Waals surface area (Å²) < 4.78 is 12.8. The molecule has 0 saturated heterocycles. The van der Waals surface area contributed by atoms with E-state index in [2.05, 4.69) is 5.32 Å². The number of hydrogen-bond acceptors (Lipinski definition) is 2. The van der Waals surface area contributed by atoms with Crippen LogP contribution in [-0.2, 0) is 11.3 Å². The summed E-state index contributed by atoms with van der Waals surface area (Å²) in [6.45, 7) is 2.80. The number of aryl methyl sites for hydroxylation is 1. The van der Waals surface area contributed by atoms with Crippen molar-refractivity contribution in [2.45, 2.75) is 13.5 Å². The van der Waals surface area contributed by atoms with Gasteiger partial charge in [0.25, 0.3) is 0 Å². The Labute approximate surface area is 124 Å². The highest BCUT2D eigenvalue weighted by Gasteiger charge is 2.10. The highest BCUT2D eigenvalue weighted by molar-refractivity contribution is 5.80. The van der Waals surface area contributed by atoms with Gasteiger partial charge in [-0.25, -0.2) is 4.39 Å². The van der Waals surface area contributed by atoms with Crippen LogP contribution in [0.2, 0.25) is 0 Å². The predicted octanol–water partition coefficient (Wildman–Crippen LogP) is 3.20. The first-order valence-electron chi connectivity index (χ1n) is 6.84. The van der Waals surface area contributed by atoms with E-state index >= 15 is 0 Å². The molecule has 0 radical (unpaired) electrons.